The van der Waals surface area contributed by atoms with E-state index in [4.69, 9.17) is 26.8 Å². The Bertz CT molecular complexity index is 632. The molecule has 20 heavy (non-hydrogen) atoms. The lowest BCUT2D eigenvalue weighted by Gasteiger charge is -2.10. The number of pyridine rings is 1. The molecule has 6 heteroatoms. The molecule has 0 aliphatic rings. The summed E-state index contributed by atoms with van der Waals surface area (Å²) in [6, 6.07) is 6.29. The molecule has 0 amide bonds. The van der Waals surface area contributed by atoms with Crippen molar-refractivity contribution in [1.82, 2.24) is 4.98 Å². The Kier molecular flexibility index (Phi) is 4.42. The third-order valence-corrected chi connectivity index (χ3v) is 2.64. The Hall–Kier alpha value is -2.27. The van der Waals surface area contributed by atoms with Crippen LogP contribution in [0.25, 0.3) is 0 Å². The molecular weight excluding hydrogens is 280 g/mol. The van der Waals surface area contributed by atoms with Crippen LogP contribution in [0.3, 0.4) is 0 Å². The van der Waals surface area contributed by atoms with Gasteiger partial charge in [-0.1, -0.05) is 11.6 Å². The van der Waals surface area contributed by atoms with Crippen LogP contribution in [-0.4, -0.2) is 17.6 Å². The summed E-state index contributed by atoms with van der Waals surface area (Å²) in [5.41, 5.74) is 6.59. The van der Waals surface area contributed by atoms with Crippen LogP contribution in [0.15, 0.2) is 36.7 Å². The summed E-state index contributed by atoms with van der Waals surface area (Å²) in [5.74, 6) is 0.353. The first-order valence-corrected chi connectivity index (χ1v) is 6.33. The molecule has 0 unspecified atom stereocenters. The van der Waals surface area contributed by atoms with Gasteiger partial charge >= 0.3 is 5.97 Å². The average molecular weight is 293 g/mol. The zero-order valence-corrected chi connectivity index (χ0v) is 11.6. The van der Waals surface area contributed by atoms with Crippen molar-refractivity contribution >= 4 is 23.3 Å². The van der Waals surface area contributed by atoms with Gasteiger partial charge in [-0.25, -0.2) is 4.79 Å². The van der Waals surface area contributed by atoms with Crippen LogP contribution in [0, 0.1) is 0 Å². The van der Waals surface area contributed by atoms with E-state index in [2.05, 4.69) is 4.98 Å². The van der Waals surface area contributed by atoms with E-state index in [0.717, 1.165) is 0 Å². The number of aromatic nitrogens is 1. The highest BCUT2D eigenvalue weighted by Gasteiger charge is 2.11. The second-order valence-electron chi connectivity index (χ2n) is 3.91. The first kappa shape index (κ1) is 14.1. The van der Waals surface area contributed by atoms with E-state index >= 15 is 0 Å². The van der Waals surface area contributed by atoms with Gasteiger partial charge in [-0.05, 0) is 25.1 Å². The molecule has 1 heterocycles. The van der Waals surface area contributed by atoms with Gasteiger partial charge < -0.3 is 15.2 Å². The molecule has 5 nitrogen and oxygen atoms in total. The highest BCUT2D eigenvalue weighted by molar-refractivity contribution is 6.30. The second kappa shape index (κ2) is 6.25. The molecular formula is C14H13ClN2O3. The molecule has 0 saturated heterocycles. The number of rotatable bonds is 4. The van der Waals surface area contributed by atoms with Crippen LogP contribution in [-0.2, 0) is 4.74 Å². The molecule has 0 spiro atoms. The molecule has 0 fully saturated rings. The van der Waals surface area contributed by atoms with Gasteiger partial charge in [0.05, 0.1) is 29.1 Å². The van der Waals surface area contributed by atoms with Gasteiger partial charge in [-0.3, -0.25) is 4.98 Å². The van der Waals surface area contributed by atoms with Crippen LogP contribution in [0.4, 0.5) is 5.69 Å². The fourth-order valence-electron chi connectivity index (χ4n) is 1.54. The number of nitrogen functional groups attached to an aromatic ring is 1. The first-order chi connectivity index (χ1) is 9.60. The number of nitrogens with zero attached hydrogens (tertiary/aromatic N) is 1. The Morgan fingerprint density at radius 1 is 1.35 bits per heavy atom. The Morgan fingerprint density at radius 3 is 2.85 bits per heavy atom. The van der Waals surface area contributed by atoms with E-state index in [1.165, 1.54) is 18.5 Å². The molecule has 0 atom stereocenters. The summed E-state index contributed by atoms with van der Waals surface area (Å²) in [6.07, 6.45) is 3.00. The third-order valence-electron chi connectivity index (χ3n) is 2.43. The van der Waals surface area contributed by atoms with E-state index in [1.807, 2.05) is 0 Å². The van der Waals surface area contributed by atoms with Gasteiger partial charge in [0.1, 0.15) is 5.75 Å². The number of halogens is 1. The smallest absolute Gasteiger partial charge is 0.338 e. The molecule has 2 aromatic rings. The molecule has 1 aromatic heterocycles. The highest BCUT2D eigenvalue weighted by Crippen LogP contribution is 2.29. The van der Waals surface area contributed by atoms with Gasteiger partial charge in [0.2, 0.25) is 0 Å². The zero-order valence-electron chi connectivity index (χ0n) is 10.8. The van der Waals surface area contributed by atoms with E-state index in [0.29, 0.717) is 34.4 Å². The van der Waals surface area contributed by atoms with Crippen molar-refractivity contribution < 1.29 is 14.3 Å². The van der Waals surface area contributed by atoms with Crippen LogP contribution in [0.5, 0.6) is 11.5 Å². The molecule has 2 rings (SSSR count). The summed E-state index contributed by atoms with van der Waals surface area (Å²) in [5, 5.41) is 0.447. The number of carbonyl (C=O) groups is 1. The van der Waals surface area contributed by atoms with Gasteiger partial charge in [-0.2, -0.15) is 0 Å². The lowest BCUT2D eigenvalue weighted by atomic mass is 10.2. The third kappa shape index (κ3) is 3.39. The summed E-state index contributed by atoms with van der Waals surface area (Å²) in [4.78, 5) is 15.6. The van der Waals surface area contributed by atoms with E-state index in [1.54, 1.807) is 25.1 Å². The lowest BCUT2D eigenvalue weighted by molar-refractivity contribution is 0.0526. The van der Waals surface area contributed by atoms with Gasteiger partial charge in [0, 0.05) is 12.3 Å². The van der Waals surface area contributed by atoms with E-state index < -0.39 is 5.97 Å². The monoisotopic (exact) mass is 292 g/mol. The number of nitrogens with two attached hydrogens (primary N) is 1. The molecule has 104 valence electrons. The van der Waals surface area contributed by atoms with Gasteiger partial charge in [-0.15, -0.1) is 0 Å². The minimum absolute atomic E-state index is 0.303. The first-order valence-electron chi connectivity index (χ1n) is 5.95. The topological polar surface area (TPSA) is 74.4 Å². The van der Waals surface area contributed by atoms with E-state index in [-0.39, 0.29) is 0 Å². The minimum Gasteiger partial charge on any atom is -0.462 e. The number of carbonyl (C=O) groups excluding carboxylic acids is 1. The van der Waals surface area contributed by atoms with E-state index in [9.17, 15) is 4.79 Å². The van der Waals surface area contributed by atoms with Crippen molar-refractivity contribution in [2.75, 3.05) is 12.3 Å². The molecule has 0 aliphatic heterocycles. The Morgan fingerprint density at radius 2 is 2.15 bits per heavy atom. The maximum absolute atomic E-state index is 11.7. The SMILES string of the molecule is CCOC(=O)c1ccc(N)c(Oc2cncc(Cl)c2)c1. The number of anilines is 1. The quantitative estimate of drug-likeness (QED) is 0.691. The maximum Gasteiger partial charge on any atom is 0.338 e. The fourth-order valence-corrected chi connectivity index (χ4v) is 1.70. The number of ether oxygens (including phenoxy) is 2. The predicted octanol–water partition coefficient (Wildman–Crippen LogP) is 3.29. The summed E-state index contributed by atoms with van der Waals surface area (Å²) in [7, 11) is 0. The molecule has 0 radical (unpaired) electrons. The van der Waals surface area contributed by atoms with Crippen molar-refractivity contribution in [2.24, 2.45) is 0 Å². The number of hydrogen-bond acceptors (Lipinski definition) is 5. The average Bonchev–Trinajstić information content (AvgIpc) is 2.41. The number of esters is 1. The van der Waals surface area contributed by atoms with Crippen LogP contribution in [0.2, 0.25) is 5.02 Å². The number of hydrogen-bond donors (Lipinski definition) is 1. The van der Waals surface area contributed by atoms with Crippen LogP contribution >= 0.6 is 11.6 Å². The molecule has 1 aromatic carbocycles. The van der Waals surface area contributed by atoms with Crippen molar-refractivity contribution in [3.8, 4) is 11.5 Å². The van der Waals surface area contributed by atoms with Gasteiger partial charge in [0.25, 0.3) is 0 Å². The second-order valence-corrected chi connectivity index (χ2v) is 4.35. The van der Waals surface area contributed by atoms with Gasteiger partial charge in [0.15, 0.2) is 5.75 Å². The Labute approximate surface area is 121 Å². The van der Waals surface area contributed by atoms with Crippen molar-refractivity contribution in [1.29, 1.82) is 0 Å². The van der Waals surface area contributed by atoms with Crippen molar-refractivity contribution in [3.63, 3.8) is 0 Å². The molecule has 0 aliphatic carbocycles. The normalized spacial score (nSPS) is 10.1. The summed E-state index contributed by atoms with van der Waals surface area (Å²) < 4.78 is 10.5. The highest BCUT2D eigenvalue weighted by atomic mass is 35.5. The minimum atomic E-state index is -0.429. The fraction of sp³-hybridized carbons (Fsp3) is 0.143. The molecule has 0 bridgehead atoms. The predicted molar refractivity (Wildman–Crippen MR) is 76.1 cm³/mol. The number of benzene rings is 1. The van der Waals surface area contributed by atoms with Crippen LogP contribution < -0.4 is 10.5 Å². The molecule has 2 N–H and O–H groups in total. The van der Waals surface area contributed by atoms with Crippen molar-refractivity contribution in [3.05, 3.63) is 47.2 Å². The molecule has 0 saturated carbocycles. The zero-order chi connectivity index (χ0) is 14.5. The van der Waals surface area contributed by atoms with Crippen LogP contribution in [0.1, 0.15) is 17.3 Å². The maximum atomic E-state index is 11.7. The lowest BCUT2D eigenvalue weighted by Crippen LogP contribution is -2.05. The Balaban J connectivity index is 2.27. The standard InChI is InChI=1S/C14H13ClN2O3/c1-2-19-14(18)9-3-4-12(16)13(5-9)20-11-6-10(15)7-17-8-11/h3-8H,2,16H2,1H3. The summed E-state index contributed by atoms with van der Waals surface area (Å²) in [6.45, 7) is 2.04. The van der Waals surface area contributed by atoms with Crippen molar-refractivity contribution in [2.45, 2.75) is 6.92 Å². The summed E-state index contributed by atoms with van der Waals surface area (Å²) >= 11 is 5.83. The largest absolute Gasteiger partial charge is 0.462 e.